The molecule has 0 bridgehead atoms. The molecule has 0 aliphatic carbocycles. The fraction of sp³-hybridized carbons (Fsp3) is 0.235. The molecule has 1 aromatic carbocycles. The molecule has 0 amide bonds. The Morgan fingerprint density at radius 3 is 2.48 bits per heavy atom. The fourth-order valence-corrected chi connectivity index (χ4v) is 2.99. The van der Waals surface area contributed by atoms with Gasteiger partial charge in [0.05, 0.1) is 15.7 Å². The number of halogens is 2. The Labute approximate surface area is 153 Å². The molecule has 0 atom stereocenters. The molecule has 0 aliphatic rings. The summed E-state index contributed by atoms with van der Waals surface area (Å²) >= 11 is 12.0. The monoisotopic (exact) mass is 378 g/mol. The van der Waals surface area contributed by atoms with Gasteiger partial charge in [-0.15, -0.1) is 0 Å². The Bertz CT molecular complexity index is 1100. The number of fused-ring (bicyclic) bond motifs is 1. The maximum Gasteiger partial charge on any atom is 0.332 e. The zero-order valence-corrected chi connectivity index (χ0v) is 15.4. The molecule has 25 heavy (non-hydrogen) atoms. The van der Waals surface area contributed by atoms with Crippen LogP contribution in [0.1, 0.15) is 12.5 Å². The minimum atomic E-state index is -0.422. The normalized spacial score (nSPS) is 11.1. The molecule has 0 unspecified atom stereocenters. The largest absolute Gasteiger partial charge is 0.354 e. The molecule has 130 valence electrons. The van der Waals surface area contributed by atoms with E-state index in [9.17, 15) is 9.59 Å². The smallest absolute Gasteiger partial charge is 0.332 e. The molecule has 3 rings (SSSR count). The molecule has 0 fully saturated rings. The molecule has 0 spiro atoms. The highest BCUT2D eigenvalue weighted by atomic mass is 35.5. The summed E-state index contributed by atoms with van der Waals surface area (Å²) in [6, 6.07) is 5.13. The van der Waals surface area contributed by atoms with Gasteiger partial charge >= 0.3 is 5.69 Å². The first-order valence-electron chi connectivity index (χ1n) is 7.64. The van der Waals surface area contributed by atoms with Crippen LogP contribution in [-0.2, 0) is 20.5 Å². The highest BCUT2D eigenvalue weighted by Crippen LogP contribution is 2.30. The second kappa shape index (κ2) is 6.54. The van der Waals surface area contributed by atoms with E-state index in [4.69, 9.17) is 23.2 Å². The number of rotatable bonds is 3. The summed E-state index contributed by atoms with van der Waals surface area (Å²) in [7, 11) is 3.04. The van der Waals surface area contributed by atoms with E-state index in [1.54, 1.807) is 31.4 Å². The van der Waals surface area contributed by atoms with Crippen LogP contribution in [0, 0.1) is 0 Å². The van der Waals surface area contributed by atoms with Gasteiger partial charge in [0.15, 0.2) is 5.65 Å². The molecule has 8 heteroatoms. The van der Waals surface area contributed by atoms with Gasteiger partial charge in [0.2, 0.25) is 0 Å². The van der Waals surface area contributed by atoms with Crippen molar-refractivity contribution in [3.05, 3.63) is 60.8 Å². The van der Waals surface area contributed by atoms with Crippen LogP contribution in [0.25, 0.3) is 11.0 Å². The number of benzene rings is 1. The average Bonchev–Trinajstić information content (AvgIpc) is 2.60. The molecule has 0 saturated carbocycles. The third-order valence-electron chi connectivity index (χ3n) is 4.12. The van der Waals surface area contributed by atoms with Crippen LogP contribution >= 0.6 is 23.2 Å². The summed E-state index contributed by atoms with van der Waals surface area (Å²) in [5, 5.41) is 4.45. The third-order valence-corrected chi connectivity index (χ3v) is 4.86. The molecule has 2 aromatic heterocycles. The zero-order chi connectivity index (χ0) is 18.3. The number of anilines is 2. The van der Waals surface area contributed by atoms with Gasteiger partial charge in [-0.05, 0) is 30.2 Å². The predicted molar refractivity (Wildman–Crippen MR) is 101 cm³/mol. The van der Waals surface area contributed by atoms with Gasteiger partial charge in [-0.1, -0.05) is 30.1 Å². The van der Waals surface area contributed by atoms with E-state index in [-0.39, 0.29) is 0 Å². The third kappa shape index (κ3) is 2.92. The van der Waals surface area contributed by atoms with Gasteiger partial charge in [0.1, 0.15) is 5.39 Å². The van der Waals surface area contributed by atoms with Crippen molar-refractivity contribution >= 4 is 45.6 Å². The molecule has 3 aromatic rings. The van der Waals surface area contributed by atoms with Crippen LogP contribution in [0.3, 0.4) is 0 Å². The average molecular weight is 379 g/mol. The first kappa shape index (κ1) is 17.5. The van der Waals surface area contributed by atoms with Gasteiger partial charge in [-0.3, -0.25) is 13.9 Å². The maximum atomic E-state index is 12.7. The molecular weight excluding hydrogens is 363 g/mol. The molecular formula is C17H16Cl2N4O2. The predicted octanol–water partition coefficient (Wildman–Crippen LogP) is 3.25. The Morgan fingerprint density at radius 1 is 1.12 bits per heavy atom. The number of nitrogens with zero attached hydrogens (tertiary/aromatic N) is 3. The second-order valence-electron chi connectivity index (χ2n) is 5.67. The fourth-order valence-electron chi connectivity index (χ4n) is 2.70. The van der Waals surface area contributed by atoms with E-state index in [0.29, 0.717) is 38.9 Å². The molecule has 2 heterocycles. The number of pyridine rings is 1. The van der Waals surface area contributed by atoms with Gasteiger partial charge in [0, 0.05) is 26.0 Å². The summed E-state index contributed by atoms with van der Waals surface area (Å²) in [5.41, 5.74) is 1.66. The van der Waals surface area contributed by atoms with Crippen molar-refractivity contribution < 1.29 is 0 Å². The zero-order valence-electron chi connectivity index (χ0n) is 13.9. The van der Waals surface area contributed by atoms with E-state index >= 15 is 0 Å². The van der Waals surface area contributed by atoms with E-state index in [0.717, 1.165) is 10.1 Å². The Morgan fingerprint density at radius 2 is 1.84 bits per heavy atom. The lowest BCUT2D eigenvalue weighted by Gasteiger charge is -2.16. The number of hydrogen-bond donors (Lipinski definition) is 1. The van der Waals surface area contributed by atoms with Crippen LogP contribution in [0.2, 0.25) is 10.0 Å². The van der Waals surface area contributed by atoms with Crippen LogP contribution in [0.15, 0.2) is 34.0 Å². The molecule has 6 nitrogen and oxygen atoms in total. The van der Waals surface area contributed by atoms with Crippen molar-refractivity contribution in [3.63, 3.8) is 0 Å². The van der Waals surface area contributed by atoms with Gasteiger partial charge in [0.25, 0.3) is 5.56 Å². The Kier molecular flexibility index (Phi) is 4.58. The topological polar surface area (TPSA) is 68.9 Å². The Hall–Kier alpha value is -2.31. The van der Waals surface area contributed by atoms with E-state index in [2.05, 4.69) is 10.3 Å². The number of aromatic nitrogens is 3. The lowest BCUT2D eigenvalue weighted by Crippen LogP contribution is -2.37. The molecule has 0 radical (unpaired) electrons. The lowest BCUT2D eigenvalue weighted by atomic mass is 10.1. The van der Waals surface area contributed by atoms with Crippen molar-refractivity contribution in [1.82, 2.24) is 14.1 Å². The first-order valence-corrected chi connectivity index (χ1v) is 8.40. The summed E-state index contributed by atoms with van der Waals surface area (Å²) in [6.07, 6.45) is 2.33. The SMILES string of the molecule is CCc1cnc2c(c1Nc1ccc(Cl)c(Cl)c1)c(=O)n(C)c(=O)n2C. The minimum absolute atomic E-state index is 0.327. The quantitative estimate of drug-likeness (QED) is 0.759. The van der Waals surface area contributed by atoms with Gasteiger partial charge in [-0.25, -0.2) is 9.78 Å². The van der Waals surface area contributed by atoms with Crippen molar-refractivity contribution in [2.75, 3.05) is 5.32 Å². The number of hydrogen-bond acceptors (Lipinski definition) is 4. The maximum absolute atomic E-state index is 12.7. The van der Waals surface area contributed by atoms with Crippen LogP contribution < -0.4 is 16.6 Å². The summed E-state index contributed by atoms with van der Waals surface area (Å²) in [6.45, 7) is 1.97. The Balaban J connectivity index is 2.34. The number of nitrogens with one attached hydrogen (secondary N) is 1. The molecule has 1 N–H and O–H groups in total. The highest BCUT2D eigenvalue weighted by Gasteiger charge is 2.17. The summed E-state index contributed by atoms with van der Waals surface area (Å²) in [4.78, 5) is 29.2. The van der Waals surface area contributed by atoms with Crippen molar-refractivity contribution in [2.45, 2.75) is 13.3 Å². The highest BCUT2D eigenvalue weighted by molar-refractivity contribution is 6.42. The summed E-state index contributed by atoms with van der Waals surface area (Å²) < 4.78 is 2.43. The van der Waals surface area contributed by atoms with E-state index in [1.807, 2.05) is 6.92 Å². The van der Waals surface area contributed by atoms with Crippen molar-refractivity contribution in [3.8, 4) is 0 Å². The first-order chi connectivity index (χ1) is 11.8. The lowest BCUT2D eigenvalue weighted by molar-refractivity contribution is 0.707. The van der Waals surface area contributed by atoms with Crippen LogP contribution in [0.4, 0.5) is 11.4 Å². The van der Waals surface area contributed by atoms with Gasteiger partial charge in [-0.2, -0.15) is 0 Å². The standard InChI is InChI=1S/C17H16Cl2N4O2/c1-4-9-8-20-15-13(16(24)23(3)17(25)22(15)2)14(9)21-10-5-6-11(18)12(19)7-10/h5-8H,4H2,1-3H3,(H,20,21). The van der Waals surface area contributed by atoms with Crippen LogP contribution in [-0.4, -0.2) is 14.1 Å². The van der Waals surface area contributed by atoms with E-state index in [1.165, 1.54) is 11.6 Å². The minimum Gasteiger partial charge on any atom is -0.354 e. The van der Waals surface area contributed by atoms with Crippen molar-refractivity contribution in [2.24, 2.45) is 14.1 Å². The van der Waals surface area contributed by atoms with E-state index < -0.39 is 11.2 Å². The molecule has 0 aliphatic heterocycles. The van der Waals surface area contributed by atoms with Crippen molar-refractivity contribution in [1.29, 1.82) is 0 Å². The van der Waals surface area contributed by atoms with Crippen LogP contribution in [0.5, 0.6) is 0 Å². The molecule has 0 saturated heterocycles. The van der Waals surface area contributed by atoms with Gasteiger partial charge < -0.3 is 5.32 Å². The summed E-state index contributed by atoms with van der Waals surface area (Å²) in [5.74, 6) is 0. The number of aryl methyl sites for hydroxylation is 2. The second-order valence-corrected chi connectivity index (χ2v) is 6.48.